The number of hydrogen-bond acceptors (Lipinski definition) is 7. The summed E-state index contributed by atoms with van der Waals surface area (Å²) in [5.41, 5.74) is 3.29. The summed E-state index contributed by atoms with van der Waals surface area (Å²) in [6, 6.07) is 10.2. The van der Waals surface area contributed by atoms with Gasteiger partial charge in [0.2, 0.25) is 0 Å². The molecular weight excluding hydrogens is 393 g/mol. The summed E-state index contributed by atoms with van der Waals surface area (Å²) in [5, 5.41) is 27.8. The molecule has 2 aromatic rings. The smallest absolute Gasteiger partial charge is 0.491 e. The van der Waals surface area contributed by atoms with Crippen LogP contribution in [-0.2, 0) is 27.3 Å². The van der Waals surface area contributed by atoms with Crippen LogP contribution in [0.2, 0.25) is 0 Å². The number of Topliss-reactive ketones (excluding diaryl/α,β-unsaturated/α-hetero) is 1. The van der Waals surface area contributed by atoms with Gasteiger partial charge in [-0.2, -0.15) is 0 Å². The van der Waals surface area contributed by atoms with Crippen LogP contribution in [0.25, 0.3) is 0 Å². The fourth-order valence-electron chi connectivity index (χ4n) is 3.03. The zero-order valence-corrected chi connectivity index (χ0v) is 16.9. The fraction of sp³-hybridized carbons (Fsp3) is 0.350. The molecule has 0 bridgehead atoms. The summed E-state index contributed by atoms with van der Waals surface area (Å²) in [6.45, 7) is 4.38. The van der Waals surface area contributed by atoms with Gasteiger partial charge in [-0.15, -0.1) is 0 Å². The van der Waals surface area contributed by atoms with Gasteiger partial charge in [-0.05, 0) is 53.2 Å². The average molecular weight is 419 g/mol. The lowest BCUT2D eigenvalue weighted by molar-refractivity contribution is -0.124. The maximum Gasteiger partial charge on any atom is 0.491 e. The van der Waals surface area contributed by atoms with Gasteiger partial charge in [0.15, 0.2) is 11.9 Å². The highest BCUT2D eigenvalue weighted by Crippen LogP contribution is 2.18. The number of ketones is 1. The van der Waals surface area contributed by atoms with Crippen LogP contribution in [0.1, 0.15) is 32.8 Å². The third-order valence-electron chi connectivity index (χ3n) is 4.69. The normalized spacial score (nSPS) is 15.0. The van der Waals surface area contributed by atoms with Crippen LogP contribution in [-0.4, -0.2) is 48.4 Å². The van der Waals surface area contributed by atoms with Gasteiger partial charge in [-0.3, -0.25) is 9.18 Å². The zero-order valence-electron chi connectivity index (χ0n) is 17.9. The zero-order chi connectivity index (χ0) is 23.0. The highest BCUT2D eigenvalue weighted by molar-refractivity contribution is 6.62. The molecule has 0 radical (unpaired) electrons. The summed E-state index contributed by atoms with van der Waals surface area (Å²) < 4.78 is 31.0. The number of ether oxygens (including phenoxy) is 1. The minimum absolute atomic E-state index is 0.0577. The van der Waals surface area contributed by atoms with Crippen molar-refractivity contribution < 1.29 is 39.8 Å². The minimum atomic E-state index is -1.00. The summed E-state index contributed by atoms with van der Waals surface area (Å²) in [7, 11) is -2.75. The minimum Gasteiger partial charge on any atom is -0.508 e. The van der Waals surface area contributed by atoms with Crippen LogP contribution in [0.3, 0.4) is 0 Å². The van der Waals surface area contributed by atoms with E-state index in [0.29, 0.717) is 30.8 Å². The van der Waals surface area contributed by atoms with Gasteiger partial charge in [-0.1, -0.05) is 19.1 Å². The van der Waals surface area contributed by atoms with Gasteiger partial charge in [0.25, 0.3) is 0 Å². The van der Waals surface area contributed by atoms with E-state index in [9.17, 15) is 19.2 Å². The molecule has 1 unspecified atom stereocenters. The molecule has 0 amide bonds. The van der Waals surface area contributed by atoms with Crippen LogP contribution >= 0.6 is 0 Å². The number of aromatic hydroxyl groups is 1. The van der Waals surface area contributed by atoms with E-state index >= 15 is 0 Å². The Hall–Kier alpha value is -2.39. The van der Waals surface area contributed by atoms with Crippen molar-refractivity contribution in [2.24, 2.45) is 0 Å². The van der Waals surface area contributed by atoms with Crippen molar-refractivity contribution >= 4 is 30.9 Å². The van der Waals surface area contributed by atoms with Gasteiger partial charge in [0.05, 0.1) is 21.7 Å². The number of halogens is 1. The first kappa shape index (κ1) is 22.3. The maximum absolute atomic E-state index is 11.4. The van der Waals surface area contributed by atoms with Crippen molar-refractivity contribution in [2.75, 3.05) is 7.15 Å². The molecule has 0 saturated carbocycles. The van der Waals surface area contributed by atoms with Gasteiger partial charge < -0.3 is 29.2 Å². The highest BCUT2D eigenvalue weighted by atomic mass is 19.1. The molecule has 2 aliphatic rings. The number of phenols is 1. The van der Waals surface area contributed by atoms with Crippen LogP contribution < -0.4 is 15.7 Å². The van der Waals surface area contributed by atoms with E-state index in [1.54, 1.807) is 31.2 Å². The molecule has 0 fully saturated rings. The summed E-state index contributed by atoms with van der Waals surface area (Å²) in [4.78, 5) is 11.4. The monoisotopic (exact) mass is 419 g/mol. The molecule has 2 heterocycles. The van der Waals surface area contributed by atoms with Crippen molar-refractivity contribution in [1.29, 1.82) is 0 Å². The second kappa shape index (κ2) is 11.1. The van der Waals surface area contributed by atoms with E-state index in [2.05, 4.69) is 0 Å². The number of hydrogen-bond donors (Lipinski definition) is 3. The first-order chi connectivity index (χ1) is 14.8. The van der Waals surface area contributed by atoms with Crippen molar-refractivity contribution in [2.45, 2.75) is 39.6 Å². The third kappa shape index (κ3) is 5.82. The number of benzene rings is 2. The van der Waals surface area contributed by atoms with Crippen molar-refractivity contribution in [3.63, 3.8) is 0 Å². The number of carbonyl (C=O) groups is 1. The number of phenolic OH excluding ortho intramolecular Hbond substituents is 1. The Labute approximate surface area is 177 Å². The first-order valence-electron chi connectivity index (χ1n) is 10.1. The molecule has 1 atom stereocenters. The van der Waals surface area contributed by atoms with E-state index < -0.39 is 27.5 Å². The van der Waals surface area contributed by atoms with Crippen LogP contribution in [0.5, 0.6) is 11.5 Å². The van der Waals surface area contributed by atoms with Crippen LogP contribution in [0.15, 0.2) is 36.4 Å². The molecule has 0 saturated heterocycles. The lowest BCUT2D eigenvalue weighted by atomic mass is 9.79. The van der Waals surface area contributed by atoms with E-state index in [1.165, 1.54) is 6.07 Å². The Morgan fingerprint density at radius 1 is 1.17 bits per heavy atom. The molecule has 0 aromatic heterocycles. The maximum atomic E-state index is 11.4. The Kier molecular flexibility index (Phi) is 8.27. The molecule has 10 heteroatoms. The molecule has 7 nitrogen and oxygen atoms in total. The Balaban J connectivity index is 0.000000209. The van der Waals surface area contributed by atoms with Crippen LogP contribution in [0, 0.1) is 0 Å². The van der Waals surface area contributed by atoms with Gasteiger partial charge in [0, 0.05) is 6.42 Å². The van der Waals surface area contributed by atoms with E-state index in [4.69, 9.17) is 20.5 Å². The SMILES string of the molecule is CCC(=O)C(C)Oc1ccc2c(c1)B(O)OC2.OB1OCc2ccc(O)cc21.[2H]CF. The molecule has 30 heavy (non-hydrogen) atoms. The molecule has 3 N–H and O–H groups in total. The standard InChI is InChI=1S/C12H15BO4.C7H7BO3.CH3F/c1-3-12(14)8(2)17-10-5-4-9-7-16-13(15)11(9)6-10;9-6-2-1-5-4-11-8(10)7(5)3-6;1-2/h4-6,8,15H,3,7H2,1-2H3;1-3,9-10H,4H2;1H3/i;;1D. The number of carbonyl (C=O) groups excluding carboxylic acids is 1. The van der Waals surface area contributed by atoms with Gasteiger partial charge in [0.1, 0.15) is 11.5 Å². The molecule has 2 aliphatic heterocycles. The lowest BCUT2D eigenvalue weighted by Crippen LogP contribution is -2.29. The van der Waals surface area contributed by atoms with Crippen molar-refractivity contribution in [3.8, 4) is 11.5 Å². The second-order valence-corrected chi connectivity index (χ2v) is 6.65. The molecule has 160 valence electrons. The number of rotatable bonds is 4. The average Bonchev–Trinajstić information content (AvgIpc) is 3.31. The molecular formula is C20H25B2FO7. The third-order valence-corrected chi connectivity index (χ3v) is 4.69. The predicted molar refractivity (Wildman–Crippen MR) is 112 cm³/mol. The van der Waals surface area contributed by atoms with Gasteiger partial charge >= 0.3 is 14.2 Å². The van der Waals surface area contributed by atoms with E-state index in [-0.39, 0.29) is 11.5 Å². The van der Waals surface area contributed by atoms with Crippen LogP contribution in [0.4, 0.5) is 4.39 Å². The Bertz CT molecular complexity index is 887. The van der Waals surface area contributed by atoms with E-state index in [0.717, 1.165) is 16.6 Å². The predicted octanol–water partition coefficient (Wildman–Crippen LogP) is 0.846. The Morgan fingerprint density at radius 2 is 1.70 bits per heavy atom. The Morgan fingerprint density at radius 3 is 2.27 bits per heavy atom. The van der Waals surface area contributed by atoms with Crippen molar-refractivity contribution in [3.05, 3.63) is 47.5 Å². The fourth-order valence-corrected chi connectivity index (χ4v) is 3.03. The number of alkyl halides is 1. The topological polar surface area (TPSA) is 105 Å². The largest absolute Gasteiger partial charge is 0.508 e. The first-order valence-corrected chi connectivity index (χ1v) is 9.39. The highest BCUT2D eigenvalue weighted by Gasteiger charge is 2.28. The molecule has 2 aromatic carbocycles. The molecule has 4 rings (SSSR count). The van der Waals surface area contributed by atoms with Gasteiger partial charge in [-0.25, -0.2) is 0 Å². The molecule has 0 aliphatic carbocycles. The quantitative estimate of drug-likeness (QED) is 0.632. The second-order valence-electron chi connectivity index (χ2n) is 6.65. The summed E-state index contributed by atoms with van der Waals surface area (Å²) in [6.07, 6.45) is -0.00444. The lowest BCUT2D eigenvalue weighted by Gasteiger charge is -2.13. The van der Waals surface area contributed by atoms with E-state index in [1.807, 2.05) is 13.0 Å². The number of fused-ring (bicyclic) bond motifs is 2. The summed E-state index contributed by atoms with van der Waals surface area (Å²) >= 11 is 0. The van der Waals surface area contributed by atoms with Crippen molar-refractivity contribution in [1.82, 2.24) is 0 Å². The summed E-state index contributed by atoms with van der Waals surface area (Å²) in [5.74, 6) is 0.804. The molecule has 0 spiro atoms.